The minimum Gasteiger partial charge on any atom is -0.373 e. The van der Waals surface area contributed by atoms with Gasteiger partial charge in [-0.05, 0) is 45.7 Å². The van der Waals surface area contributed by atoms with Crippen molar-refractivity contribution in [3.8, 4) is 0 Å². The number of hydrogen-bond acceptors (Lipinski definition) is 5. The van der Waals surface area contributed by atoms with Gasteiger partial charge in [-0.1, -0.05) is 24.3 Å². The van der Waals surface area contributed by atoms with Crippen molar-refractivity contribution in [3.63, 3.8) is 0 Å². The lowest BCUT2D eigenvalue weighted by Crippen LogP contribution is -2.44. The summed E-state index contributed by atoms with van der Waals surface area (Å²) in [4.78, 5) is 13.1. The maximum atomic E-state index is 5.88. The molecule has 31 heavy (non-hydrogen) atoms. The van der Waals surface area contributed by atoms with E-state index < -0.39 is 0 Å². The molecule has 0 bridgehead atoms. The predicted octanol–water partition coefficient (Wildman–Crippen LogP) is 4.24. The lowest BCUT2D eigenvalue weighted by Gasteiger charge is -2.35. The third kappa shape index (κ3) is 8.00. The number of aryl methyl sites for hydroxylation is 2. The van der Waals surface area contributed by atoms with Crippen LogP contribution in [0, 0.1) is 13.8 Å². The smallest absolute Gasteiger partial charge is 0.191 e. The summed E-state index contributed by atoms with van der Waals surface area (Å²) in [6, 6.07) is 8.63. The van der Waals surface area contributed by atoms with Gasteiger partial charge in [0.25, 0.3) is 0 Å². The van der Waals surface area contributed by atoms with E-state index >= 15 is 0 Å². The molecule has 3 rings (SSSR count). The van der Waals surface area contributed by atoms with E-state index in [1.165, 1.54) is 16.0 Å². The van der Waals surface area contributed by atoms with E-state index in [4.69, 9.17) is 9.73 Å². The van der Waals surface area contributed by atoms with Crippen LogP contribution in [0.25, 0.3) is 0 Å². The number of rotatable bonds is 7. The summed E-state index contributed by atoms with van der Waals surface area (Å²) < 4.78 is 5.88. The summed E-state index contributed by atoms with van der Waals surface area (Å²) in [7, 11) is 0. The highest BCUT2D eigenvalue weighted by Gasteiger charge is 2.22. The van der Waals surface area contributed by atoms with Gasteiger partial charge in [0.2, 0.25) is 0 Å². The average molecular weight is 558 g/mol. The molecule has 1 aliphatic heterocycles. The molecule has 0 amide bonds. The van der Waals surface area contributed by atoms with Gasteiger partial charge in [0.1, 0.15) is 0 Å². The standard InChI is InChI=1S/C23H35N5OS.HI/c1-6-24-23(26-12-22-18(4)27-19(5)30-22)25-11-20-9-7-8-10-21(20)15-28-13-16(2)29-17(3)14-28;/h7-10,16-17H,6,11-15H2,1-5H3,(H2,24,25,26);1H. The lowest BCUT2D eigenvalue weighted by molar-refractivity contribution is -0.0705. The molecule has 2 heterocycles. The second-order valence-corrected chi connectivity index (χ2v) is 9.30. The summed E-state index contributed by atoms with van der Waals surface area (Å²) >= 11 is 1.74. The summed E-state index contributed by atoms with van der Waals surface area (Å²) in [5.41, 5.74) is 3.71. The second-order valence-electron chi connectivity index (χ2n) is 8.01. The minimum absolute atomic E-state index is 0. The molecule has 2 aromatic rings. The zero-order valence-corrected chi connectivity index (χ0v) is 22.4. The third-order valence-electron chi connectivity index (χ3n) is 5.18. The Bertz CT molecular complexity index is 846. The molecule has 1 saturated heterocycles. The van der Waals surface area contributed by atoms with Crippen LogP contribution in [-0.2, 0) is 24.4 Å². The molecule has 6 nitrogen and oxygen atoms in total. The molecule has 8 heteroatoms. The van der Waals surface area contributed by atoms with Crippen molar-refractivity contribution in [1.29, 1.82) is 0 Å². The van der Waals surface area contributed by atoms with Crippen LogP contribution in [0.3, 0.4) is 0 Å². The van der Waals surface area contributed by atoms with Crippen LogP contribution in [0.1, 0.15) is 47.5 Å². The fraction of sp³-hybridized carbons (Fsp3) is 0.565. The number of aliphatic imine (C=N–C) groups is 1. The van der Waals surface area contributed by atoms with E-state index in [9.17, 15) is 0 Å². The Hall–Kier alpha value is -1.23. The van der Waals surface area contributed by atoms with Gasteiger partial charge in [-0.2, -0.15) is 0 Å². The van der Waals surface area contributed by atoms with E-state index in [0.717, 1.165) is 49.4 Å². The summed E-state index contributed by atoms with van der Waals surface area (Å²) in [5, 5.41) is 7.92. The minimum atomic E-state index is 0. The molecule has 1 fully saturated rings. The average Bonchev–Trinajstić information content (AvgIpc) is 3.01. The first-order valence-corrected chi connectivity index (χ1v) is 11.7. The Morgan fingerprint density at radius 1 is 1.16 bits per heavy atom. The molecule has 0 aliphatic carbocycles. The Balaban J connectivity index is 0.00000341. The van der Waals surface area contributed by atoms with E-state index in [0.29, 0.717) is 6.54 Å². The number of nitrogens with one attached hydrogen (secondary N) is 2. The monoisotopic (exact) mass is 557 g/mol. The van der Waals surface area contributed by atoms with Crippen molar-refractivity contribution in [1.82, 2.24) is 20.5 Å². The quantitative estimate of drug-likeness (QED) is 0.303. The number of benzene rings is 1. The first-order chi connectivity index (χ1) is 14.4. The van der Waals surface area contributed by atoms with Crippen molar-refractivity contribution in [2.75, 3.05) is 19.6 Å². The predicted molar refractivity (Wildman–Crippen MR) is 140 cm³/mol. The molecular formula is C23H36IN5OS. The highest BCUT2D eigenvalue weighted by molar-refractivity contribution is 14.0. The number of guanidine groups is 1. The molecule has 0 saturated carbocycles. The van der Waals surface area contributed by atoms with Gasteiger partial charge in [-0.15, -0.1) is 35.3 Å². The molecule has 0 spiro atoms. The zero-order valence-electron chi connectivity index (χ0n) is 19.3. The number of morpholine rings is 1. The van der Waals surface area contributed by atoms with Crippen LogP contribution in [0.4, 0.5) is 0 Å². The van der Waals surface area contributed by atoms with Crippen LogP contribution in [0.15, 0.2) is 29.3 Å². The van der Waals surface area contributed by atoms with Gasteiger partial charge in [0, 0.05) is 31.1 Å². The molecule has 1 aromatic carbocycles. The zero-order chi connectivity index (χ0) is 21.5. The van der Waals surface area contributed by atoms with Crippen molar-refractivity contribution in [2.24, 2.45) is 4.99 Å². The highest BCUT2D eigenvalue weighted by atomic mass is 127. The fourth-order valence-corrected chi connectivity index (χ4v) is 4.80. The van der Waals surface area contributed by atoms with Crippen LogP contribution in [0.5, 0.6) is 0 Å². The number of halogens is 1. The summed E-state index contributed by atoms with van der Waals surface area (Å²) in [5.74, 6) is 0.839. The Labute approximate surface area is 207 Å². The SMILES string of the molecule is CCNC(=NCc1ccccc1CN1CC(C)OC(C)C1)NCc1sc(C)nc1C.I. The number of hydrogen-bond donors (Lipinski definition) is 2. The van der Waals surface area contributed by atoms with Crippen LogP contribution in [-0.4, -0.2) is 47.7 Å². The van der Waals surface area contributed by atoms with Crippen molar-refractivity contribution < 1.29 is 4.74 Å². The van der Waals surface area contributed by atoms with Gasteiger partial charge in [0.05, 0.1) is 36.0 Å². The summed E-state index contributed by atoms with van der Waals surface area (Å²) in [6.45, 7) is 15.6. The number of nitrogens with zero attached hydrogens (tertiary/aromatic N) is 3. The first kappa shape index (κ1) is 26.0. The van der Waals surface area contributed by atoms with Crippen molar-refractivity contribution in [2.45, 2.75) is 66.5 Å². The topological polar surface area (TPSA) is 61.8 Å². The van der Waals surface area contributed by atoms with E-state index in [-0.39, 0.29) is 36.2 Å². The first-order valence-electron chi connectivity index (χ1n) is 10.8. The molecule has 0 radical (unpaired) electrons. The molecule has 2 unspecified atom stereocenters. The molecule has 2 atom stereocenters. The number of ether oxygens (including phenoxy) is 1. The van der Waals surface area contributed by atoms with E-state index in [1.54, 1.807) is 11.3 Å². The van der Waals surface area contributed by atoms with Crippen molar-refractivity contribution in [3.05, 3.63) is 51.0 Å². The van der Waals surface area contributed by atoms with Gasteiger partial charge in [0.15, 0.2) is 5.96 Å². The molecule has 2 N–H and O–H groups in total. The maximum absolute atomic E-state index is 5.88. The molecule has 172 valence electrons. The summed E-state index contributed by atoms with van der Waals surface area (Å²) in [6.07, 6.45) is 0.560. The van der Waals surface area contributed by atoms with E-state index in [2.05, 4.69) is 72.5 Å². The highest BCUT2D eigenvalue weighted by Crippen LogP contribution is 2.18. The normalized spacial score (nSPS) is 19.7. The maximum Gasteiger partial charge on any atom is 0.191 e. The fourth-order valence-electron chi connectivity index (χ4n) is 3.93. The van der Waals surface area contributed by atoms with Crippen molar-refractivity contribution >= 4 is 41.3 Å². The molecular weight excluding hydrogens is 521 g/mol. The Morgan fingerprint density at radius 3 is 2.45 bits per heavy atom. The van der Waals surface area contributed by atoms with Gasteiger partial charge < -0.3 is 15.4 Å². The Morgan fingerprint density at radius 2 is 1.84 bits per heavy atom. The van der Waals surface area contributed by atoms with Gasteiger partial charge >= 0.3 is 0 Å². The van der Waals surface area contributed by atoms with Gasteiger partial charge in [-0.3, -0.25) is 4.90 Å². The van der Waals surface area contributed by atoms with Crippen LogP contribution < -0.4 is 10.6 Å². The van der Waals surface area contributed by atoms with Crippen LogP contribution >= 0.6 is 35.3 Å². The largest absolute Gasteiger partial charge is 0.373 e. The van der Waals surface area contributed by atoms with Gasteiger partial charge in [-0.25, -0.2) is 9.98 Å². The third-order valence-corrected chi connectivity index (χ3v) is 6.25. The lowest BCUT2D eigenvalue weighted by atomic mass is 10.1. The Kier molecular flexibility index (Phi) is 10.7. The molecule has 1 aromatic heterocycles. The molecule has 1 aliphatic rings. The van der Waals surface area contributed by atoms with E-state index in [1.807, 2.05) is 6.92 Å². The van der Waals surface area contributed by atoms with Crippen LogP contribution in [0.2, 0.25) is 0 Å². The number of thiazole rings is 1. The second kappa shape index (κ2) is 12.7. The number of aromatic nitrogens is 1.